The molecule has 0 unspecified atom stereocenters. The van der Waals surface area contributed by atoms with Gasteiger partial charge in [-0.05, 0) is 48.4 Å². The molecule has 0 atom stereocenters. The molecule has 0 aliphatic carbocycles. The fourth-order valence-corrected chi connectivity index (χ4v) is 3.89. The summed E-state index contributed by atoms with van der Waals surface area (Å²) in [5, 5.41) is 2.92. The molecule has 0 bridgehead atoms. The Balaban J connectivity index is 1.78. The fourth-order valence-electron chi connectivity index (χ4n) is 3.89. The van der Waals surface area contributed by atoms with E-state index in [0.717, 1.165) is 37.1 Å². The molecule has 0 aliphatic heterocycles. The van der Waals surface area contributed by atoms with Crippen molar-refractivity contribution < 1.29 is 27.4 Å². The van der Waals surface area contributed by atoms with E-state index in [1.54, 1.807) is 36.3 Å². The van der Waals surface area contributed by atoms with Crippen LogP contribution in [0.2, 0.25) is 0 Å². The van der Waals surface area contributed by atoms with E-state index in [1.165, 1.54) is 13.2 Å². The largest absolute Gasteiger partial charge is 0.497 e. The van der Waals surface area contributed by atoms with E-state index in [2.05, 4.69) is 12.2 Å². The number of carbonyl (C=O) groups is 1. The van der Waals surface area contributed by atoms with Crippen LogP contribution in [-0.4, -0.2) is 36.3 Å². The van der Waals surface area contributed by atoms with Crippen molar-refractivity contribution in [3.8, 4) is 11.5 Å². The molecule has 2 aromatic carbocycles. The maximum absolute atomic E-state index is 13.3. The molecule has 1 heterocycles. The van der Waals surface area contributed by atoms with E-state index in [4.69, 9.17) is 9.47 Å². The number of rotatable bonds is 11. The average Bonchev–Trinajstić information content (AvgIpc) is 3.29. The van der Waals surface area contributed by atoms with E-state index >= 15 is 0 Å². The minimum atomic E-state index is -4.40. The predicted octanol–water partition coefficient (Wildman–Crippen LogP) is 6.80. The van der Waals surface area contributed by atoms with Gasteiger partial charge in [-0.1, -0.05) is 31.9 Å². The van der Waals surface area contributed by atoms with E-state index in [-0.39, 0.29) is 12.6 Å². The molecule has 194 valence electrons. The van der Waals surface area contributed by atoms with Gasteiger partial charge in [0, 0.05) is 31.0 Å². The first-order valence-corrected chi connectivity index (χ1v) is 11.8. The maximum Gasteiger partial charge on any atom is 0.416 e. The lowest BCUT2D eigenvalue weighted by atomic mass is 10.1. The van der Waals surface area contributed by atoms with Gasteiger partial charge in [-0.25, -0.2) is 4.79 Å². The van der Waals surface area contributed by atoms with Crippen LogP contribution in [0.5, 0.6) is 11.5 Å². The number of ether oxygens (including phenoxy) is 2. The molecular weight excluding hydrogens is 471 g/mol. The number of urea groups is 1. The molecule has 0 saturated heterocycles. The third-order valence-corrected chi connectivity index (χ3v) is 5.85. The van der Waals surface area contributed by atoms with Gasteiger partial charge >= 0.3 is 12.2 Å². The Morgan fingerprint density at radius 1 is 1.03 bits per heavy atom. The van der Waals surface area contributed by atoms with E-state index < -0.39 is 11.7 Å². The SMILES string of the molecule is CCCCCN(Cc1cccn1Cc1cccc(C(F)(F)F)c1)C(=O)Nc1ccc(OC)cc1OC. The number of aromatic nitrogens is 1. The van der Waals surface area contributed by atoms with Crippen LogP contribution in [-0.2, 0) is 19.3 Å². The van der Waals surface area contributed by atoms with Crippen molar-refractivity contribution in [3.63, 3.8) is 0 Å². The molecule has 3 aromatic rings. The topological polar surface area (TPSA) is 55.7 Å². The third kappa shape index (κ3) is 7.19. The lowest BCUT2D eigenvalue weighted by molar-refractivity contribution is -0.137. The van der Waals surface area contributed by atoms with Crippen molar-refractivity contribution in [1.82, 2.24) is 9.47 Å². The van der Waals surface area contributed by atoms with Crippen molar-refractivity contribution >= 4 is 11.7 Å². The Morgan fingerprint density at radius 3 is 2.53 bits per heavy atom. The van der Waals surface area contributed by atoms with E-state index in [0.29, 0.717) is 35.8 Å². The highest BCUT2D eigenvalue weighted by Gasteiger charge is 2.30. The number of nitrogens with one attached hydrogen (secondary N) is 1. The molecule has 0 radical (unpaired) electrons. The van der Waals surface area contributed by atoms with Crippen LogP contribution < -0.4 is 14.8 Å². The van der Waals surface area contributed by atoms with Crippen molar-refractivity contribution in [1.29, 1.82) is 0 Å². The Hall–Kier alpha value is -3.62. The van der Waals surface area contributed by atoms with Crippen molar-refractivity contribution in [3.05, 3.63) is 77.6 Å². The van der Waals surface area contributed by atoms with Crippen molar-refractivity contribution in [2.75, 3.05) is 26.1 Å². The molecule has 1 aromatic heterocycles. The molecule has 0 aliphatic rings. The number of methoxy groups -OCH3 is 2. The molecule has 3 rings (SSSR count). The smallest absolute Gasteiger partial charge is 0.416 e. The summed E-state index contributed by atoms with van der Waals surface area (Å²) >= 11 is 0. The number of carbonyl (C=O) groups excluding carboxylic acids is 1. The highest BCUT2D eigenvalue weighted by Crippen LogP contribution is 2.31. The second-order valence-electron chi connectivity index (χ2n) is 8.45. The second-order valence-corrected chi connectivity index (χ2v) is 8.45. The first-order chi connectivity index (χ1) is 17.2. The first kappa shape index (κ1) is 27.0. The van der Waals surface area contributed by atoms with Gasteiger partial charge in [0.2, 0.25) is 0 Å². The molecule has 2 amide bonds. The van der Waals surface area contributed by atoms with Gasteiger partial charge in [0.05, 0.1) is 32.0 Å². The van der Waals surface area contributed by atoms with Gasteiger partial charge in [-0.15, -0.1) is 0 Å². The van der Waals surface area contributed by atoms with Crippen LogP contribution in [0, 0.1) is 0 Å². The number of alkyl halides is 3. The summed E-state index contributed by atoms with van der Waals surface area (Å²) in [5.41, 5.74) is 1.19. The number of halogens is 3. The Labute approximate surface area is 209 Å². The number of hydrogen-bond acceptors (Lipinski definition) is 3. The van der Waals surface area contributed by atoms with Crippen LogP contribution in [0.3, 0.4) is 0 Å². The van der Waals surface area contributed by atoms with Crippen molar-refractivity contribution in [2.24, 2.45) is 0 Å². The molecule has 6 nitrogen and oxygen atoms in total. The molecule has 9 heteroatoms. The van der Waals surface area contributed by atoms with Gasteiger partial charge < -0.3 is 24.3 Å². The van der Waals surface area contributed by atoms with Crippen LogP contribution >= 0.6 is 0 Å². The fraction of sp³-hybridized carbons (Fsp3) is 0.370. The van der Waals surface area contributed by atoms with E-state index in [1.807, 2.05) is 22.9 Å². The summed E-state index contributed by atoms with van der Waals surface area (Å²) in [6.07, 6.45) is 0.225. The first-order valence-electron chi connectivity index (χ1n) is 11.8. The minimum Gasteiger partial charge on any atom is -0.497 e. The lowest BCUT2D eigenvalue weighted by Gasteiger charge is -2.25. The zero-order valence-electron chi connectivity index (χ0n) is 20.8. The lowest BCUT2D eigenvalue weighted by Crippen LogP contribution is -2.36. The number of amides is 2. The summed E-state index contributed by atoms with van der Waals surface area (Å²) in [7, 11) is 3.07. The normalized spacial score (nSPS) is 11.3. The summed E-state index contributed by atoms with van der Waals surface area (Å²) in [6, 6.07) is 13.9. The van der Waals surface area contributed by atoms with Gasteiger partial charge in [-0.3, -0.25) is 0 Å². The van der Waals surface area contributed by atoms with Crippen LogP contribution in [0.4, 0.5) is 23.7 Å². The summed E-state index contributed by atoms with van der Waals surface area (Å²) in [5.74, 6) is 1.08. The van der Waals surface area contributed by atoms with Gasteiger partial charge in [-0.2, -0.15) is 13.2 Å². The zero-order valence-corrected chi connectivity index (χ0v) is 20.8. The van der Waals surface area contributed by atoms with Crippen LogP contribution in [0.15, 0.2) is 60.8 Å². The molecule has 1 N–H and O–H groups in total. The number of unbranched alkanes of at least 4 members (excludes halogenated alkanes) is 2. The minimum absolute atomic E-state index is 0.267. The summed E-state index contributed by atoms with van der Waals surface area (Å²) in [4.78, 5) is 15.0. The number of benzene rings is 2. The maximum atomic E-state index is 13.3. The Bertz CT molecular complexity index is 1140. The summed E-state index contributed by atoms with van der Waals surface area (Å²) < 4.78 is 51.9. The number of nitrogens with zero attached hydrogens (tertiary/aromatic N) is 2. The third-order valence-electron chi connectivity index (χ3n) is 5.85. The Morgan fingerprint density at radius 2 is 1.83 bits per heavy atom. The average molecular weight is 504 g/mol. The molecule has 0 spiro atoms. The highest BCUT2D eigenvalue weighted by molar-refractivity contribution is 5.91. The van der Waals surface area contributed by atoms with Crippen molar-refractivity contribution in [2.45, 2.75) is 45.5 Å². The monoisotopic (exact) mass is 503 g/mol. The number of anilines is 1. The molecule has 0 saturated carbocycles. The molecular formula is C27H32F3N3O3. The summed E-state index contributed by atoms with van der Waals surface area (Å²) in [6.45, 7) is 3.20. The predicted molar refractivity (Wildman–Crippen MR) is 133 cm³/mol. The van der Waals surface area contributed by atoms with Gasteiger partial charge in [0.15, 0.2) is 0 Å². The van der Waals surface area contributed by atoms with Gasteiger partial charge in [0.25, 0.3) is 0 Å². The molecule has 36 heavy (non-hydrogen) atoms. The second kappa shape index (κ2) is 12.4. The standard InChI is InChI=1S/C27H32F3N3O3/c1-4-5-6-14-33(26(34)31-24-13-12-23(35-2)17-25(24)36-3)19-22-11-8-15-32(22)18-20-9-7-10-21(16-20)27(28,29)30/h7-13,15-17H,4-6,14,18-19H2,1-3H3,(H,31,34). The highest BCUT2D eigenvalue weighted by atomic mass is 19.4. The number of hydrogen-bond donors (Lipinski definition) is 1. The Kier molecular flexibility index (Phi) is 9.27. The van der Waals surface area contributed by atoms with Crippen LogP contribution in [0.1, 0.15) is 43.0 Å². The van der Waals surface area contributed by atoms with Crippen LogP contribution in [0.25, 0.3) is 0 Å². The molecule has 0 fully saturated rings. The zero-order chi connectivity index (χ0) is 26.1. The quantitative estimate of drug-likeness (QED) is 0.293. The van der Waals surface area contributed by atoms with E-state index in [9.17, 15) is 18.0 Å². The van der Waals surface area contributed by atoms with Gasteiger partial charge in [0.1, 0.15) is 11.5 Å².